The Kier molecular flexibility index (Phi) is 2.49. The van der Waals surface area contributed by atoms with Gasteiger partial charge in [0.15, 0.2) is 0 Å². The Morgan fingerprint density at radius 1 is 1.33 bits per heavy atom. The number of aromatic nitrogens is 2. The van der Waals surface area contributed by atoms with Crippen LogP contribution < -0.4 is 0 Å². The maximum Gasteiger partial charge on any atom is 0.352 e. The van der Waals surface area contributed by atoms with Crippen LogP contribution >= 0.6 is 0 Å². The van der Waals surface area contributed by atoms with Gasteiger partial charge in [-0.25, -0.2) is 4.79 Å². The van der Waals surface area contributed by atoms with Crippen molar-refractivity contribution in [3.8, 4) is 0 Å². The highest BCUT2D eigenvalue weighted by Gasteiger charge is 2.08. The van der Waals surface area contributed by atoms with E-state index >= 15 is 0 Å². The number of pyridine rings is 1. The first-order valence-corrected chi connectivity index (χ1v) is 4.55. The van der Waals surface area contributed by atoms with Crippen LogP contribution in [0.3, 0.4) is 0 Å². The first kappa shape index (κ1) is 9.45. The number of rotatable bonds is 3. The highest BCUT2D eigenvalue weighted by molar-refractivity contribution is 5.85. The molecule has 4 nitrogen and oxygen atoms in total. The van der Waals surface area contributed by atoms with Gasteiger partial charge >= 0.3 is 5.97 Å². The van der Waals surface area contributed by atoms with E-state index in [2.05, 4.69) is 4.98 Å². The molecule has 0 aliphatic rings. The molecule has 0 atom stereocenters. The molecule has 0 saturated heterocycles. The second-order valence-corrected chi connectivity index (χ2v) is 3.18. The smallest absolute Gasteiger partial charge is 0.352 e. The van der Waals surface area contributed by atoms with E-state index in [-0.39, 0.29) is 0 Å². The summed E-state index contributed by atoms with van der Waals surface area (Å²) >= 11 is 0. The second kappa shape index (κ2) is 3.96. The van der Waals surface area contributed by atoms with Crippen LogP contribution in [-0.2, 0) is 6.54 Å². The van der Waals surface area contributed by atoms with Gasteiger partial charge in [0.2, 0.25) is 0 Å². The molecule has 0 bridgehead atoms. The minimum atomic E-state index is -0.908. The first-order chi connectivity index (χ1) is 7.27. The molecule has 0 aromatic carbocycles. The summed E-state index contributed by atoms with van der Waals surface area (Å²) in [7, 11) is 0. The summed E-state index contributed by atoms with van der Waals surface area (Å²) in [6.07, 6.45) is 5.14. The van der Waals surface area contributed by atoms with E-state index in [4.69, 9.17) is 5.11 Å². The maximum atomic E-state index is 10.8. The third-order valence-electron chi connectivity index (χ3n) is 2.15. The van der Waals surface area contributed by atoms with E-state index in [1.807, 2.05) is 12.1 Å². The van der Waals surface area contributed by atoms with Gasteiger partial charge in [0, 0.05) is 25.1 Å². The summed E-state index contributed by atoms with van der Waals surface area (Å²) in [5.41, 5.74) is 1.33. The van der Waals surface area contributed by atoms with Crippen LogP contribution in [0.1, 0.15) is 16.1 Å². The maximum absolute atomic E-state index is 10.8. The average Bonchev–Trinajstić information content (AvgIpc) is 2.67. The molecule has 0 fully saturated rings. The van der Waals surface area contributed by atoms with Gasteiger partial charge in [-0.3, -0.25) is 4.98 Å². The van der Waals surface area contributed by atoms with Crippen LogP contribution in [-0.4, -0.2) is 20.6 Å². The van der Waals surface area contributed by atoms with Crippen molar-refractivity contribution in [1.82, 2.24) is 9.55 Å². The van der Waals surface area contributed by atoms with Crippen LogP contribution in [0.25, 0.3) is 0 Å². The highest BCUT2D eigenvalue weighted by Crippen LogP contribution is 2.06. The molecule has 1 N–H and O–H groups in total. The van der Waals surface area contributed by atoms with E-state index < -0.39 is 5.97 Å². The van der Waals surface area contributed by atoms with Crippen molar-refractivity contribution >= 4 is 5.97 Å². The van der Waals surface area contributed by atoms with Gasteiger partial charge in [-0.1, -0.05) is 0 Å². The molecule has 76 valence electrons. The quantitative estimate of drug-likeness (QED) is 0.822. The van der Waals surface area contributed by atoms with E-state index in [9.17, 15) is 4.79 Å². The van der Waals surface area contributed by atoms with Crippen LogP contribution in [0, 0.1) is 0 Å². The zero-order valence-electron chi connectivity index (χ0n) is 8.00. The van der Waals surface area contributed by atoms with Crippen molar-refractivity contribution in [2.45, 2.75) is 6.54 Å². The van der Waals surface area contributed by atoms with Crippen LogP contribution in [0.5, 0.6) is 0 Å². The van der Waals surface area contributed by atoms with Gasteiger partial charge in [-0.05, 0) is 29.8 Å². The molecule has 0 radical (unpaired) electrons. The molecule has 2 aromatic rings. The largest absolute Gasteiger partial charge is 0.477 e. The fourth-order valence-electron chi connectivity index (χ4n) is 1.43. The van der Waals surface area contributed by atoms with E-state index in [0.717, 1.165) is 5.56 Å². The number of nitrogens with zero attached hydrogens (tertiary/aromatic N) is 2. The Morgan fingerprint density at radius 2 is 2.07 bits per heavy atom. The van der Waals surface area contributed by atoms with Crippen molar-refractivity contribution in [2.75, 3.05) is 0 Å². The zero-order valence-corrected chi connectivity index (χ0v) is 8.00. The Balaban J connectivity index is 2.25. The lowest BCUT2D eigenvalue weighted by Crippen LogP contribution is -2.08. The number of carboxylic acids is 1. The Bertz CT molecular complexity index is 462. The number of carbonyl (C=O) groups is 1. The standard InChI is InChI=1S/C11H10N2O2/c14-11(15)10-2-1-7-13(10)8-9-3-5-12-6-4-9/h1-7H,8H2,(H,14,15). The summed E-state index contributed by atoms with van der Waals surface area (Å²) in [6.45, 7) is 0.553. The number of aromatic carboxylic acids is 1. The van der Waals surface area contributed by atoms with Crippen molar-refractivity contribution in [3.05, 3.63) is 54.1 Å². The van der Waals surface area contributed by atoms with Crippen LogP contribution in [0.15, 0.2) is 42.9 Å². The molecule has 2 heterocycles. The van der Waals surface area contributed by atoms with Crippen LogP contribution in [0.4, 0.5) is 0 Å². The summed E-state index contributed by atoms with van der Waals surface area (Å²) < 4.78 is 1.69. The molecule has 0 spiro atoms. The average molecular weight is 202 g/mol. The summed E-state index contributed by atoms with van der Waals surface area (Å²) in [5, 5.41) is 8.90. The molecule has 0 amide bonds. The fraction of sp³-hybridized carbons (Fsp3) is 0.0909. The molecule has 0 unspecified atom stereocenters. The van der Waals surface area contributed by atoms with Crippen molar-refractivity contribution in [1.29, 1.82) is 0 Å². The lowest BCUT2D eigenvalue weighted by molar-refractivity contribution is 0.0685. The molecule has 2 aromatic heterocycles. The number of hydrogen-bond donors (Lipinski definition) is 1. The topological polar surface area (TPSA) is 55.1 Å². The van der Waals surface area contributed by atoms with Crippen molar-refractivity contribution < 1.29 is 9.90 Å². The van der Waals surface area contributed by atoms with Gasteiger partial charge < -0.3 is 9.67 Å². The SMILES string of the molecule is O=C(O)c1cccn1Cc1ccncc1. The first-order valence-electron chi connectivity index (χ1n) is 4.55. The molecular formula is C11H10N2O2. The molecule has 4 heteroatoms. The highest BCUT2D eigenvalue weighted by atomic mass is 16.4. The molecule has 0 aliphatic heterocycles. The molecule has 0 saturated carbocycles. The van der Waals surface area contributed by atoms with Gasteiger partial charge in [-0.2, -0.15) is 0 Å². The third-order valence-corrected chi connectivity index (χ3v) is 2.15. The van der Waals surface area contributed by atoms with Gasteiger partial charge in [-0.15, -0.1) is 0 Å². The number of carboxylic acid groups (broad SMARTS) is 1. The van der Waals surface area contributed by atoms with E-state index in [0.29, 0.717) is 12.2 Å². The minimum Gasteiger partial charge on any atom is -0.477 e. The minimum absolute atomic E-state index is 0.298. The second-order valence-electron chi connectivity index (χ2n) is 3.18. The Hall–Kier alpha value is -2.10. The summed E-state index contributed by atoms with van der Waals surface area (Å²) in [5.74, 6) is -0.908. The van der Waals surface area contributed by atoms with E-state index in [1.165, 1.54) is 0 Å². The molecule has 15 heavy (non-hydrogen) atoms. The molecule has 2 rings (SSSR count). The van der Waals surface area contributed by atoms with Gasteiger partial charge in [0.1, 0.15) is 5.69 Å². The third kappa shape index (κ3) is 2.04. The summed E-state index contributed by atoms with van der Waals surface area (Å²) in [4.78, 5) is 14.7. The number of hydrogen-bond acceptors (Lipinski definition) is 2. The molecule has 0 aliphatic carbocycles. The lowest BCUT2D eigenvalue weighted by Gasteiger charge is -2.05. The Morgan fingerprint density at radius 3 is 2.73 bits per heavy atom. The normalized spacial score (nSPS) is 10.1. The zero-order chi connectivity index (χ0) is 10.7. The monoisotopic (exact) mass is 202 g/mol. The predicted molar refractivity (Wildman–Crippen MR) is 54.7 cm³/mol. The van der Waals surface area contributed by atoms with Crippen molar-refractivity contribution in [2.24, 2.45) is 0 Å². The van der Waals surface area contributed by atoms with Crippen LogP contribution in [0.2, 0.25) is 0 Å². The Labute approximate surface area is 86.8 Å². The van der Waals surface area contributed by atoms with E-state index in [1.54, 1.807) is 35.3 Å². The fourth-order valence-corrected chi connectivity index (χ4v) is 1.43. The van der Waals surface area contributed by atoms with Gasteiger partial charge in [0.05, 0.1) is 0 Å². The summed E-state index contributed by atoms with van der Waals surface area (Å²) in [6, 6.07) is 7.05. The predicted octanol–water partition coefficient (Wildman–Crippen LogP) is 1.63. The lowest BCUT2D eigenvalue weighted by atomic mass is 10.2. The molecular weight excluding hydrogens is 192 g/mol. The van der Waals surface area contributed by atoms with Gasteiger partial charge in [0.25, 0.3) is 0 Å². The van der Waals surface area contributed by atoms with Crippen molar-refractivity contribution in [3.63, 3.8) is 0 Å².